The minimum absolute atomic E-state index is 0.584. The summed E-state index contributed by atoms with van der Waals surface area (Å²) in [7, 11) is 1.71. The maximum Gasteiger partial charge on any atom is 0.122 e. The van der Waals surface area contributed by atoms with Gasteiger partial charge in [-0.3, -0.25) is 0 Å². The zero-order valence-electron chi connectivity index (χ0n) is 12.7. The molecule has 3 nitrogen and oxygen atoms in total. The Morgan fingerprint density at radius 1 is 1.20 bits per heavy atom. The molecule has 1 aliphatic rings. The molecule has 0 bridgehead atoms. The molecule has 0 amide bonds. The van der Waals surface area contributed by atoms with Gasteiger partial charge < -0.3 is 14.8 Å². The zero-order valence-corrected chi connectivity index (χ0v) is 12.7. The third-order valence-corrected chi connectivity index (χ3v) is 4.04. The summed E-state index contributed by atoms with van der Waals surface area (Å²) in [4.78, 5) is 0. The summed E-state index contributed by atoms with van der Waals surface area (Å²) in [6, 6.07) is 9.07. The normalized spacial score (nSPS) is 22.1. The minimum atomic E-state index is 0.584. The molecule has 0 spiro atoms. The van der Waals surface area contributed by atoms with Crippen molar-refractivity contribution >= 4 is 0 Å². The number of methoxy groups -OCH3 is 1. The fraction of sp³-hybridized carbons (Fsp3) is 0.647. The minimum Gasteiger partial charge on any atom is -0.491 e. The Morgan fingerprint density at radius 2 is 2.05 bits per heavy atom. The number of nitrogens with one attached hydrogen (secondary N) is 1. The van der Waals surface area contributed by atoms with Crippen molar-refractivity contribution in [2.75, 3.05) is 26.9 Å². The molecule has 1 aromatic rings. The maximum absolute atomic E-state index is 5.89. The van der Waals surface area contributed by atoms with Crippen molar-refractivity contribution in [1.82, 2.24) is 5.32 Å². The Labute approximate surface area is 122 Å². The Bertz CT molecular complexity index is 394. The lowest BCUT2D eigenvalue weighted by atomic mass is 9.93. The van der Waals surface area contributed by atoms with Crippen LogP contribution in [0.3, 0.4) is 0 Å². The van der Waals surface area contributed by atoms with Crippen molar-refractivity contribution in [3.8, 4) is 5.75 Å². The topological polar surface area (TPSA) is 30.5 Å². The summed E-state index contributed by atoms with van der Waals surface area (Å²) in [6.07, 6.45) is 5.02. The molecule has 112 valence electrons. The molecule has 2 rings (SSSR count). The van der Waals surface area contributed by atoms with Gasteiger partial charge in [0.2, 0.25) is 0 Å². The highest BCUT2D eigenvalue weighted by atomic mass is 16.5. The van der Waals surface area contributed by atoms with E-state index in [1.807, 2.05) is 0 Å². The van der Waals surface area contributed by atoms with E-state index in [0.717, 1.165) is 12.3 Å². The van der Waals surface area contributed by atoms with Crippen LogP contribution in [0.15, 0.2) is 24.3 Å². The van der Waals surface area contributed by atoms with Crippen LogP contribution in [-0.4, -0.2) is 32.9 Å². The van der Waals surface area contributed by atoms with E-state index in [-0.39, 0.29) is 0 Å². The molecular formula is C17H27NO2. The standard InChI is InChI=1S/C17H27NO2/c1-3-11-18-16-9-6-8-14(16)15-7-4-5-10-17(15)20-13-12-19-2/h4-5,7,10,14,16,18H,3,6,8-9,11-13H2,1-2H3. The van der Waals surface area contributed by atoms with E-state index in [2.05, 4.69) is 36.5 Å². The summed E-state index contributed by atoms with van der Waals surface area (Å²) < 4.78 is 11.0. The summed E-state index contributed by atoms with van der Waals surface area (Å²) in [5.74, 6) is 1.61. The van der Waals surface area contributed by atoms with Gasteiger partial charge in [-0.25, -0.2) is 0 Å². The van der Waals surface area contributed by atoms with Crippen molar-refractivity contribution in [3.05, 3.63) is 29.8 Å². The Morgan fingerprint density at radius 3 is 2.85 bits per heavy atom. The number of hydrogen-bond donors (Lipinski definition) is 1. The van der Waals surface area contributed by atoms with Gasteiger partial charge >= 0.3 is 0 Å². The van der Waals surface area contributed by atoms with Crippen LogP contribution in [-0.2, 0) is 4.74 Å². The molecular weight excluding hydrogens is 250 g/mol. The highest BCUT2D eigenvalue weighted by Crippen LogP contribution is 2.39. The van der Waals surface area contributed by atoms with Gasteiger partial charge in [0.25, 0.3) is 0 Å². The van der Waals surface area contributed by atoms with Gasteiger partial charge in [-0.2, -0.15) is 0 Å². The molecule has 0 aliphatic heterocycles. The second-order valence-electron chi connectivity index (χ2n) is 5.48. The number of rotatable bonds is 8. The summed E-state index contributed by atoms with van der Waals surface area (Å²) in [6.45, 7) is 4.58. The molecule has 1 N–H and O–H groups in total. The maximum atomic E-state index is 5.89. The van der Waals surface area contributed by atoms with E-state index in [0.29, 0.717) is 25.2 Å². The van der Waals surface area contributed by atoms with E-state index in [1.54, 1.807) is 7.11 Å². The molecule has 2 unspecified atom stereocenters. The van der Waals surface area contributed by atoms with Gasteiger partial charge in [0.05, 0.1) is 6.61 Å². The lowest BCUT2D eigenvalue weighted by molar-refractivity contribution is 0.145. The van der Waals surface area contributed by atoms with E-state index >= 15 is 0 Å². The van der Waals surface area contributed by atoms with Crippen LogP contribution in [0.5, 0.6) is 5.75 Å². The second kappa shape index (κ2) is 8.28. The number of hydrogen-bond acceptors (Lipinski definition) is 3. The Hall–Kier alpha value is -1.06. The summed E-state index contributed by atoms with van der Waals surface area (Å²) >= 11 is 0. The molecule has 3 heteroatoms. The molecule has 1 aliphatic carbocycles. The number of para-hydroxylation sites is 1. The molecule has 0 aromatic heterocycles. The third kappa shape index (κ3) is 3.97. The quantitative estimate of drug-likeness (QED) is 0.739. The van der Waals surface area contributed by atoms with Gasteiger partial charge in [-0.15, -0.1) is 0 Å². The van der Waals surface area contributed by atoms with Crippen LogP contribution < -0.4 is 10.1 Å². The SMILES string of the molecule is CCCNC1CCCC1c1ccccc1OCCOC. The third-order valence-electron chi connectivity index (χ3n) is 4.04. The van der Waals surface area contributed by atoms with E-state index in [1.165, 1.54) is 31.2 Å². The highest BCUT2D eigenvalue weighted by molar-refractivity contribution is 5.37. The van der Waals surface area contributed by atoms with Crippen LogP contribution in [0, 0.1) is 0 Å². The fourth-order valence-corrected chi connectivity index (χ4v) is 3.06. The van der Waals surface area contributed by atoms with Gasteiger partial charge in [-0.1, -0.05) is 31.5 Å². The van der Waals surface area contributed by atoms with E-state index < -0.39 is 0 Å². The number of ether oxygens (including phenoxy) is 2. The van der Waals surface area contributed by atoms with Gasteiger partial charge in [-0.05, 0) is 37.4 Å². The lowest BCUT2D eigenvalue weighted by Crippen LogP contribution is -2.32. The molecule has 20 heavy (non-hydrogen) atoms. The lowest BCUT2D eigenvalue weighted by Gasteiger charge is -2.23. The average Bonchev–Trinajstić information content (AvgIpc) is 2.94. The van der Waals surface area contributed by atoms with Crippen LogP contribution in [0.4, 0.5) is 0 Å². The van der Waals surface area contributed by atoms with Crippen molar-refractivity contribution in [2.45, 2.75) is 44.6 Å². The largest absolute Gasteiger partial charge is 0.491 e. The van der Waals surface area contributed by atoms with Crippen LogP contribution >= 0.6 is 0 Å². The van der Waals surface area contributed by atoms with Crippen molar-refractivity contribution in [2.24, 2.45) is 0 Å². The molecule has 1 aromatic carbocycles. The van der Waals surface area contributed by atoms with Crippen LogP contribution in [0.25, 0.3) is 0 Å². The highest BCUT2D eigenvalue weighted by Gasteiger charge is 2.29. The Balaban J connectivity index is 2.06. The molecule has 0 saturated heterocycles. The van der Waals surface area contributed by atoms with Gasteiger partial charge in [0.1, 0.15) is 12.4 Å². The monoisotopic (exact) mass is 277 g/mol. The average molecular weight is 277 g/mol. The molecule has 2 atom stereocenters. The van der Waals surface area contributed by atoms with Crippen LogP contribution in [0.2, 0.25) is 0 Å². The van der Waals surface area contributed by atoms with E-state index in [4.69, 9.17) is 9.47 Å². The summed E-state index contributed by atoms with van der Waals surface area (Å²) in [5, 5.41) is 3.69. The first-order valence-corrected chi connectivity index (χ1v) is 7.80. The van der Waals surface area contributed by atoms with Crippen molar-refractivity contribution < 1.29 is 9.47 Å². The fourth-order valence-electron chi connectivity index (χ4n) is 3.06. The van der Waals surface area contributed by atoms with Crippen molar-refractivity contribution in [3.63, 3.8) is 0 Å². The first-order chi connectivity index (χ1) is 9.86. The van der Waals surface area contributed by atoms with Crippen molar-refractivity contribution in [1.29, 1.82) is 0 Å². The molecule has 1 saturated carbocycles. The second-order valence-corrected chi connectivity index (χ2v) is 5.48. The predicted octanol–water partition coefficient (Wildman–Crippen LogP) is 3.35. The predicted molar refractivity (Wildman–Crippen MR) is 82.5 cm³/mol. The molecule has 0 heterocycles. The molecule has 1 fully saturated rings. The summed E-state index contributed by atoms with van der Waals surface area (Å²) in [5.41, 5.74) is 1.36. The van der Waals surface area contributed by atoms with Gasteiger partial charge in [0.15, 0.2) is 0 Å². The zero-order chi connectivity index (χ0) is 14.2. The first kappa shape index (κ1) is 15.3. The Kier molecular flexibility index (Phi) is 6.34. The van der Waals surface area contributed by atoms with E-state index in [9.17, 15) is 0 Å². The first-order valence-electron chi connectivity index (χ1n) is 7.80. The molecule has 0 radical (unpaired) electrons. The smallest absolute Gasteiger partial charge is 0.122 e. The van der Waals surface area contributed by atoms with Crippen LogP contribution in [0.1, 0.15) is 44.1 Å². The van der Waals surface area contributed by atoms with Gasteiger partial charge in [0, 0.05) is 19.1 Å². The number of benzene rings is 1.